The molecule has 5 aromatic rings. The fourth-order valence-corrected chi connectivity index (χ4v) is 19.7. The van der Waals surface area contributed by atoms with Crippen LogP contribution in [0.5, 0.6) is 17.2 Å². The molecule has 8 aliphatic rings. The van der Waals surface area contributed by atoms with Gasteiger partial charge in [0.2, 0.25) is 6.29 Å². The third-order valence-electron chi connectivity index (χ3n) is 21.9. The van der Waals surface area contributed by atoms with Gasteiger partial charge in [0.05, 0.1) is 73.2 Å². The van der Waals surface area contributed by atoms with Crippen LogP contribution in [0.25, 0.3) is 5.57 Å². The highest BCUT2D eigenvalue weighted by Gasteiger charge is 2.57. The van der Waals surface area contributed by atoms with Gasteiger partial charge in [0.25, 0.3) is 5.69 Å². The van der Waals surface area contributed by atoms with Gasteiger partial charge in [-0.3, -0.25) is 43.7 Å². The molecule has 30 nitrogen and oxygen atoms in total. The van der Waals surface area contributed by atoms with Crippen molar-refractivity contribution in [1.82, 2.24) is 0 Å². The summed E-state index contributed by atoms with van der Waals surface area (Å²) in [4.78, 5) is 107. The van der Waals surface area contributed by atoms with Crippen LogP contribution in [0.15, 0.2) is 115 Å². The second kappa shape index (κ2) is 40.7. The number of alkyl halides is 4. The molecule has 0 saturated carbocycles. The van der Waals surface area contributed by atoms with E-state index in [-0.39, 0.29) is 83.9 Å². The topological polar surface area (TPSA) is 347 Å². The molecule has 0 unspecified atom stereocenters. The molecule has 0 N–H and O–H groups in total. The number of ketones is 2. The summed E-state index contributed by atoms with van der Waals surface area (Å²) < 4.78 is 127. The molecule has 26 atom stereocenters. The highest BCUT2D eigenvalue weighted by atomic mass is 127. The molecule has 5 aromatic carbocycles. The van der Waals surface area contributed by atoms with Crippen LogP contribution in [-0.4, -0.2) is 205 Å². The van der Waals surface area contributed by atoms with Crippen LogP contribution in [0.4, 0.5) is 5.69 Å². The lowest BCUT2D eigenvalue weighted by molar-refractivity contribution is -0.384. The zero-order chi connectivity index (χ0) is 85.7. The Balaban J connectivity index is 0.710. The smallest absolute Gasteiger partial charge is 0.303 e. The van der Waals surface area contributed by atoms with Crippen LogP contribution in [0, 0.1) is 17.0 Å². The lowest BCUT2D eigenvalue weighted by atomic mass is 9.72. The number of allylic oxidation sites excluding steroid dienone is 1. The van der Waals surface area contributed by atoms with E-state index in [2.05, 4.69) is 83.7 Å². The molecule has 13 rings (SSSR count). The Morgan fingerprint density at radius 3 is 1.48 bits per heavy atom. The number of hydrogen-bond donors (Lipinski definition) is 0. The van der Waals surface area contributed by atoms with Crippen molar-refractivity contribution in [3.63, 3.8) is 0 Å². The van der Waals surface area contributed by atoms with E-state index in [1.807, 2.05) is 86.6 Å². The number of carbonyl (C=O) groups is 7. The summed E-state index contributed by atoms with van der Waals surface area (Å²) in [5.74, 6) is -3.62. The first-order valence-corrected chi connectivity index (χ1v) is 44.8. The highest BCUT2D eigenvalue weighted by Crippen LogP contribution is 2.51. The molecule has 6 saturated heterocycles. The number of hydrogen-bond acceptors (Lipinski definition) is 29. The average Bonchev–Trinajstić information content (AvgIpc) is 0.710. The zero-order valence-corrected chi connectivity index (χ0v) is 75.8. The molecule has 0 radical (unpaired) electrons. The summed E-state index contributed by atoms with van der Waals surface area (Å²) >= 11 is 10.1. The van der Waals surface area contributed by atoms with Crippen LogP contribution >= 0.6 is 83.7 Å². The van der Waals surface area contributed by atoms with Crippen molar-refractivity contribution in [2.75, 3.05) is 5.33 Å². The number of benzene rings is 5. The van der Waals surface area contributed by atoms with Gasteiger partial charge in [-0.2, -0.15) is 0 Å². The van der Waals surface area contributed by atoms with Crippen molar-refractivity contribution in [1.29, 1.82) is 0 Å². The Kier molecular flexibility index (Phi) is 30.9. The minimum Gasteiger partial charge on any atom is -0.488 e. The molecule has 0 aromatic heterocycles. The molecule has 34 heteroatoms. The van der Waals surface area contributed by atoms with Crippen molar-refractivity contribution in [3.8, 4) is 17.2 Å². The van der Waals surface area contributed by atoms with E-state index in [1.165, 1.54) is 52.8 Å². The van der Waals surface area contributed by atoms with Crippen molar-refractivity contribution in [3.05, 3.63) is 169 Å². The van der Waals surface area contributed by atoms with Gasteiger partial charge in [0.15, 0.2) is 55.2 Å². The third-order valence-corrected chi connectivity index (χ3v) is 26.5. The fraction of sp³-hybridized carbons (Fsp3) is 0.547. The fourth-order valence-electron chi connectivity index (χ4n) is 16.4. The maximum absolute atomic E-state index is 16.2. The average molecular weight is 2070 g/mol. The number of rotatable bonds is 28. The number of Topliss-reactive ketones (excluding diaryl/α,β-unsaturated/α-hetero) is 2. The molecule has 648 valence electrons. The van der Waals surface area contributed by atoms with E-state index < -0.39 is 200 Å². The maximum Gasteiger partial charge on any atom is 0.303 e. The number of nitro groups is 1. The van der Waals surface area contributed by atoms with E-state index in [1.54, 1.807) is 45.9 Å². The van der Waals surface area contributed by atoms with Gasteiger partial charge in [-0.05, 0) is 113 Å². The first kappa shape index (κ1) is 91.2. The lowest BCUT2D eigenvalue weighted by Gasteiger charge is -2.49. The first-order chi connectivity index (χ1) is 57.4. The third kappa shape index (κ3) is 21.5. The van der Waals surface area contributed by atoms with E-state index >= 15 is 9.59 Å². The zero-order valence-electron chi connectivity index (χ0n) is 67.8. The van der Waals surface area contributed by atoms with Gasteiger partial charge < -0.3 is 94.7 Å². The van der Waals surface area contributed by atoms with Gasteiger partial charge >= 0.3 is 29.8 Å². The van der Waals surface area contributed by atoms with E-state index in [4.69, 9.17) is 94.7 Å². The van der Waals surface area contributed by atoms with Crippen LogP contribution < -0.4 is 14.2 Å². The predicted octanol–water partition coefficient (Wildman–Crippen LogP) is 13.2. The number of halogens is 4. The van der Waals surface area contributed by atoms with Gasteiger partial charge in [-0.1, -0.05) is 150 Å². The second-order valence-corrected chi connectivity index (χ2v) is 35.9. The number of nitro benzene ring substituents is 1. The minimum atomic E-state index is -1.28. The standard InChI is InChI=1S/C86H97BrI3NO29/c1-40-32-54-34-61(103-39-53-22-24-55(25-23-53)91(99)100)70-71(67(54)60(33-40)102-38-52-20-16-13-17-21-52)76(98)68-58(101-37-51-18-14-12-15-19-51)26-27-59(69(68)75(70)97)114-66-35-62(110-47(8)93)80(63(36-87)115-66)120-86-74(90)83(78(44(5)108-86)112-49(10)95)118-65-31-29-57(42(3)105-65)116-84-72(88)81(113-50(11)96)79(45(6)106-84)119-85-73(89)82(77(43(4)107-85)111-48(9)94)117-64-30-28-56(41(2)104-64)109-46(7)92/h12-27,32-33,41-45,56-57,61-66,72-74,77-86H,28-31,34-39H2,1-11H3/t41-,42-,43+,44+,45+,56-,57-,61+,62+,63+,64-,65-,66+,72+,73+,74+,77+,78+,79+,80-,81+,82+,83+,84-,85-,86-/m0/s1. The first-order valence-electron chi connectivity index (χ1n) is 39.9. The van der Waals surface area contributed by atoms with Crippen LogP contribution in [0.2, 0.25) is 0 Å². The summed E-state index contributed by atoms with van der Waals surface area (Å²) in [5, 5.41) is 11.8. The Bertz CT molecular complexity index is 4550. The van der Waals surface area contributed by atoms with E-state index in [0.29, 0.717) is 41.7 Å². The summed E-state index contributed by atoms with van der Waals surface area (Å²) in [7, 11) is 0. The predicted molar refractivity (Wildman–Crippen MR) is 454 cm³/mol. The Morgan fingerprint density at radius 1 is 0.467 bits per heavy atom. The van der Waals surface area contributed by atoms with Crippen molar-refractivity contribution >= 4 is 136 Å². The van der Waals surface area contributed by atoms with Crippen molar-refractivity contribution in [2.45, 2.75) is 288 Å². The number of non-ortho nitro benzene ring substituents is 1. The van der Waals surface area contributed by atoms with Gasteiger partial charge in [0.1, 0.15) is 83.2 Å². The molecule has 6 aliphatic heterocycles. The second-order valence-electron chi connectivity index (χ2n) is 30.9. The van der Waals surface area contributed by atoms with Gasteiger partial charge in [-0.15, -0.1) is 0 Å². The number of esters is 5. The quantitative estimate of drug-likeness (QED) is 0.0112. The van der Waals surface area contributed by atoms with Gasteiger partial charge in [0, 0.05) is 94.5 Å². The summed E-state index contributed by atoms with van der Waals surface area (Å²) in [6, 6.07) is 31.6. The van der Waals surface area contributed by atoms with Crippen molar-refractivity contribution in [2.24, 2.45) is 0 Å². The minimum absolute atomic E-state index is 0.0114. The number of fused-ring (bicyclic) bond motifs is 3. The summed E-state index contributed by atoms with van der Waals surface area (Å²) in [5.41, 5.74) is 3.85. The Morgan fingerprint density at radius 2 is 0.942 bits per heavy atom. The number of nitrogens with zero attached hydrogens (tertiary/aromatic N) is 1. The molecule has 120 heavy (non-hydrogen) atoms. The maximum atomic E-state index is 16.2. The molecule has 0 bridgehead atoms. The molecule has 6 heterocycles. The van der Waals surface area contributed by atoms with Crippen LogP contribution in [-0.2, 0) is 131 Å². The monoisotopic (exact) mass is 2070 g/mol. The highest BCUT2D eigenvalue weighted by molar-refractivity contribution is 14.1. The molecule has 6 fully saturated rings. The van der Waals surface area contributed by atoms with Crippen molar-refractivity contribution < 1.29 is 133 Å². The molecule has 0 amide bonds. The summed E-state index contributed by atoms with van der Waals surface area (Å²) in [6.45, 7) is 17.3. The molecule has 2 aliphatic carbocycles. The molecule has 0 spiro atoms. The molecular formula is C86H97BrI3NO29. The van der Waals surface area contributed by atoms with Gasteiger partial charge in [-0.25, -0.2) is 0 Å². The molecular weight excluding hydrogens is 1970 g/mol. The van der Waals surface area contributed by atoms with Crippen LogP contribution in [0.3, 0.4) is 0 Å². The Hall–Kier alpha value is -6.48. The van der Waals surface area contributed by atoms with Crippen LogP contribution in [0.1, 0.15) is 155 Å². The number of carbonyl (C=O) groups excluding carboxylic acids is 7. The Labute approximate surface area is 743 Å². The van der Waals surface area contributed by atoms with E-state index in [9.17, 15) is 34.1 Å². The SMILES string of the molecule is CC(=O)O[C@@H]1[C@@H](I)[C@H](O[C@H]2CC[C@H](O[C@@H]3[C@@H](I)[C@H](O[C@H]4[C@H](OC(C)=O)C[C@H](Oc5ccc(OCc6ccccc6)c6c5C(=O)C5=C(C6=O)c6c(cc(C)cc6OCc6ccccc6)C[C@H]5OCc5ccc([N+](=O)[O-])cc5)O[C@@H]4CBr)O[C@H](C)[C@H]3OC(C)=O)O[C@H]2C)O[C@H](C)[C@H]1O[C@@H]1O[C@H](C)[C@@H](OC(C)=O)[C@H](O[C@H]2CC[C@H](OC(C)=O)[C@H](C)O2)[C@H]1I. The lowest BCUT2D eigenvalue weighted by Crippen LogP contribution is -2.63. The van der Waals surface area contributed by atoms with E-state index in [0.717, 1.165) is 16.7 Å². The number of ether oxygens (including phenoxy) is 20. The largest absolute Gasteiger partial charge is 0.488 e. The normalized spacial score (nSPS) is 33.0. The number of aryl methyl sites for hydroxylation is 1. The summed E-state index contributed by atoms with van der Waals surface area (Å²) in [6.07, 6.45) is -18.8.